The van der Waals surface area contributed by atoms with Gasteiger partial charge in [-0.05, 0) is 0 Å². The number of aromatic nitrogens is 2. The number of amides is 1. The molecule has 6 nitrogen and oxygen atoms in total. The SMILES string of the molecule is O=C(CNc1cc(Cl)nnc1Cl)N1CCOCC1. The molecule has 2 rings (SSSR count). The predicted octanol–water partition coefficient (Wildman–Crippen LogP) is 1.05. The highest BCUT2D eigenvalue weighted by molar-refractivity contribution is 6.33. The molecule has 1 amide bonds. The number of hydrogen-bond acceptors (Lipinski definition) is 5. The van der Waals surface area contributed by atoms with E-state index in [2.05, 4.69) is 15.5 Å². The minimum absolute atomic E-state index is 0.0118. The van der Waals surface area contributed by atoms with Crippen molar-refractivity contribution in [3.8, 4) is 0 Å². The van der Waals surface area contributed by atoms with E-state index in [0.29, 0.717) is 32.0 Å². The second-order valence-corrected chi connectivity index (χ2v) is 4.46. The van der Waals surface area contributed by atoms with Crippen LogP contribution in [0.3, 0.4) is 0 Å². The van der Waals surface area contributed by atoms with Crippen molar-refractivity contribution < 1.29 is 9.53 Å². The van der Waals surface area contributed by atoms with Gasteiger partial charge in [0.1, 0.15) is 0 Å². The van der Waals surface area contributed by atoms with E-state index in [-0.39, 0.29) is 22.8 Å². The molecule has 2 heterocycles. The molecule has 18 heavy (non-hydrogen) atoms. The Bertz CT molecular complexity index is 438. The van der Waals surface area contributed by atoms with Crippen molar-refractivity contribution in [2.75, 3.05) is 38.2 Å². The van der Waals surface area contributed by atoms with Crippen LogP contribution in [0.15, 0.2) is 6.07 Å². The van der Waals surface area contributed by atoms with E-state index >= 15 is 0 Å². The molecule has 1 fully saturated rings. The first-order valence-electron chi connectivity index (χ1n) is 5.45. The van der Waals surface area contributed by atoms with Gasteiger partial charge in [-0.15, -0.1) is 10.2 Å². The van der Waals surface area contributed by atoms with Crippen LogP contribution in [0.5, 0.6) is 0 Å². The summed E-state index contributed by atoms with van der Waals surface area (Å²) in [6, 6.07) is 1.53. The molecule has 0 saturated carbocycles. The number of rotatable bonds is 3. The van der Waals surface area contributed by atoms with Gasteiger partial charge in [-0.1, -0.05) is 23.2 Å². The maximum absolute atomic E-state index is 11.9. The van der Waals surface area contributed by atoms with Gasteiger partial charge in [0.15, 0.2) is 10.3 Å². The van der Waals surface area contributed by atoms with Crippen LogP contribution in [0.1, 0.15) is 0 Å². The van der Waals surface area contributed by atoms with Gasteiger partial charge in [-0.25, -0.2) is 0 Å². The molecule has 0 unspecified atom stereocenters. The zero-order valence-corrected chi connectivity index (χ0v) is 11.0. The Kier molecular flexibility index (Phi) is 4.57. The summed E-state index contributed by atoms with van der Waals surface area (Å²) >= 11 is 11.5. The first-order chi connectivity index (χ1) is 8.66. The van der Waals surface area contributed by atoms with Crippen LogP contribution in [-0.4, -0.2) is 53.9 Å². The Morgan fingerprint density at radius 3 is 2.83 bits per heavy atom. The monoisotopic (exact) mass is 290 g/mol. The van der Waals surface area contributed by atoms with Crippen LogP contribution < -0.4 is 5.32 Å². The summed E-state index contributed by atoms with van der Waals surface area (Å²) in [5.74, 6) is -0.0118. The summed E-state index contributed by atoms with van der Waals surface area (Å²) in [7, 11) is 0. The molecule has 0 aromatic carbocycles. The molecule has 1 aromatic rings. The topological polar surface area (TPSA) is 67.4 Å². The van der Waals surface area contributed by atoms with E-state index in [4.69, 9.17) is 27.9 Å². The zero-order chi connectivity index (χ0) is 13.0. The molecule has 8 heteroatoms. The van der Waals surface area contributed by atoms with Crippen molar-refractivity contribution in [1.82, 2.24) is 15.1 Å². The van der Waals surface area contributed by atoms with E-state index in [9.17, 15) is 4.79 Å². The van der Waals surface area contributed by atoms with Gasteiger partial charge in [-0.2, -0.15) is 0 Å². The molecule has 0 bridgehead atoms. The number of halogens is 2. The van der Waals surface area contributed by atoms with Crippen LogP contribution in [0, 0.1) is 0 Å². The molecule has 1 saturated heterocycles. The largest absolute Gasteiger partial charge is 0.378 e. The molecule has 0 aliphatic carbocycles. The van der Waals surface area contributed by atoms with Gasteiger partial charge in [0.2, 0.25) is 5.91 Å². The lowest BCUT2D eigenvalue weighted by Gasteiger charge is -2.27. The number of carbonyl (C=O) groups excluding carboxylic acids is 1. The normalized spacial score (nSPS) is 15.6. The minimum Gasteiger partial charge on any atom is -0.378 e. The second-order valence-electron chi connectivity index (χ2n) is 3.72. The Morgan fingerprint density at radius 1 is 1.39 bits per heavy atom. The maximum atomic E-state index is 11.9. The quantitative estimate of drug-likeness (QED) is 0.901. The third kappa shape index (κ3) is 3.44. The predicted molar refractivity (Wildman–Crippen MR) is 67.9 cm³/mol. The van der Waals surface area contributed by atoms with E-state index in [1.807, 2.05) is 0 Å². The van der Waals surface area contributed by atoms with Crippen molar-refractivity contribution >= 4 is 34.8 Å². The van der Waals surface area contributed by atoms with Gasteiger partial charge in [-0.3, -0.25) is 4.79 Å². The van der Waals surface area contributed by atoms with Crippen LogP contribution in [0.4, 0.5) is 5.69 Å². The molecule has 1 N–H and O–H groups in total. The van der Waals surface area contributed by atoms with Crippen molar-refractivity contribution in [3.05, 3.63) is 16.4 Å². The lowest BCUT2D eigenvalue weighted by atomic mass is 10.4. The van der Waals surface area contributed by atoms with Crippen molar-refractivity contribution in [1.29, 1.82) is 0 Å². The van der Waals surface area contributed by atoms with Crippen LogP contribution in [0.25, 0.3) is 0 Å². The smallest absolute Gasteiger partial charge is 0.242 e. The average Bonchev–Trinajstić information content (AvgIpc) is 2.40. The summed E-state index contributed by atoms with van der Waals surface area (Å²) in [6.45, 7) is 2.53. The maximum Gasteiger partial charge on any atom is 0.242 e. The molecule has 0 atom stereocenters. The molecule has 1 aliphatic heterocycles. The van der Waals surface area contributed by atoms with Crippen LogP contribution in [-0.2, 0) is 9.53 Å². The zero-order valence-electron chi connectivity index (χ0n) is 9.53. The number of carbonyl (C=O) groups is 1. The molecule has 0 radical (unpaired) electrons. The van der Waals surface area contributed by atoms with E-state index in [1.165, 1.54) is 6.07 Å². The fourth-order valence-corrected chi connectivity index (χ4v) is 1.88. The van der Waals surface area contributed by atoms with Crippen molar-refractivity contribution in [2.45, 2.75) is 0 Å². The van der Waals surface area contributed by atoms with Crippen molar-refractivity contribution in [2.24, 2.45) is 0 Å². The number of hydrogen-bond donors (Lipinski definition) is 1. The standard InChI is InChI=1S/C10H12Cl2N4O2/c11-8-5-7(10(12)15-14-8)13-6-9(17)16-1-3-18-4-2-16/h5H,1-4,6H2,(H,13,14). The summed E-state index contributed by atoms with van der Waals surface area (Å²) in [4.78, 5) is 13.6. The number of anilines is 1. The summed E-state index contributed by atoms with van der Waals surface area (Å²) in [5.41, 5.74) is 0.498. The van der Waals surface area contributed by atoms with Gasteiger partial charge in [0, 0.05) is 19.2 Å². The fraction of sp³-hybridized carbons (Fsp3) is 0.500. The summed E-state index contributed by atoms with van der Waals surface area (Å²) in [6.07, 6.45) is 0. The van der Waals surface area contributed by atoms with Gasteiger partial charge in [0.25, 0.3) is 0 Å². The molecule has 98 valence electrons. The van der Waals surface area contributed by atoms with Crippen molar-refractivity contribution in [3.63, 3.8) is 0 Å². The van der Waals surface area contributed by atoms with Gasteiger partial charge >= 0.3 is 0 Å². The van der Waals surface area contributed by atoms with E-state index < -0.39 is 0 Å². The lowest BCUT2D eigenvalue weighted by Crippen LogP contribution is -2.43. The summed E-state index contributed by atoms with van der Waals surface area (Å²) < 4.78 is 5.18. The third-order valence-electron chi connectivity index (χ3n) is 2.51. The first-order valence-corrected chi connectivity index (χ1v) is 6.20. The fourth-order valence-electron chi connectivity index (χ4n) is 1.57. The molecular weight excluding hydrogens is 279 g/mol. The van der Waals surface area contributed by atoms with E-state index in [1.54, 1.807) is 4.90 Å². The minimum atomic E-state index is -0.0118. The molecule has 0 spiro atoms. The Labute approximate surface area is 114 Å². The lowest BCUT2D eigenvalue weighted by molar-refractivity contribution is -0.133. The number of ether oxygens (including phenoxy) is 1. The molecule has 1 aromatic heterocycles. The Morgan fingerprint density at radius 2 is 2.11 bits per heavy atom. The van der Waals surface area contributed by atoms with Gasteiger partial charge in [0.05, 0.1) is 25.4 Å². The first kappa shape index (κ1) is 13.3. The van der Waals surface area contributed by atoms with Crippen LogP contribution >= 0.6 is 23.2 Å². The highest BCUT2D eigenvalue weighted by atomic mass is 35.5. The van der Waals surface area contributed by atoms with E-state index in [0.717, 1.165) is 0 Å². The number of nitrogens with zero attached hydrogens (tertiary/aromatic N) is 3. The summed E-state index contributed by atoms with van der Waals surface area (Å²) in [5, 5.41) is 10.5. The van der Waals surface area contributed by atoms with Gasteiger partial charge < -0.3 is 15.0 Å². The number of nitrogens with one attached hydrogen (secondary N) is 1. The third-order valence-corrected chi connectivity index (χ3v) is 2.98. The molecular formula is C10H12Cl2N4O2. The second kappa shape index (κ2) is 6.17. The van der Waals surface area contributed by atoms with Crippen LogP contribution in [0.2, 0.25) is 10.3 Å². The molecule has 1 aliphatic rings. The average molecular weight is 291 g/mol. The highest BCUT2D eigenvalue weighted by Crippen LogP contribution is 2.20. The highest BCUT2D eigenvalue weighted by Gasteiger charge is 2.16. The number of morpholine rings is 1. The Balaban J connectivity index is 1.90. The Hall–Kier alpha value is -1.11.